The number of nitrogens with zero attached hydrogens (tertiary/aromatic N) is 2. The van der Waals surface area contributed by atoms with Crippen molar-refractivity contribution in [1.82, 2.24) is 5.32 Å². The summed E-state index contributed by atoms with van der Waals surface area (Å²) in [5.41, 5.74) is -0.0282. The lowest BCUT2D eigenvalue weighted by Gasteiger charge is -2.31. The Kier molecular flexibility index (Phi) is 5.88. The molecule has 3 unspecified atom stereocenters. The lowest BCUT2D eigenvalue weighted by atomic mass is 10.1. The Morgan fingerprint density at radius 1 is 1.27 bits per heavy atom. The molecule has 0 saturated carbocycles. The first-order valence-corrected chi connectivity index (χ1v) is 9.77. The maximum absolute atomic E-state index is 13.2. The number of anilines is 1. The van der Waals surface area contributed by atoms with E-state index in [1.807, 2.05) is 4.90 Å². The van der Waals surface area contributed by atoms with E-state index < -0.39 is 18.0 Å². The first kappa shape index (κ1) is 20.9. The molecule has 0 bridgehead atoms. The predicted molar refractivity (Wildman–Crippen MR) is 101 cm³/mol. The number of nitriles is 1. The molecule has 7 nitrogen and oxygen atoms in total. The normalized spacial score (nSPS) is 25.0. The van der Waals surface area contributed by atoms with Crippen LogP contribution in [0.5, 0.6) is 0 Å². The van der Waals surface area contributed by atoms with Crippen LogP contribution in [0, 0.1) is 11.3 Å². The number of benzene rings is 1. The van der Waals surface area contributed by atoms with Crippen LogP contribution in [0.25, 0.3) is 11.0 Å². The summed E-state index contributed by atoms with van der Waals surface area (Å²) in [6, 6.07) is 5.38. The molecule has 1 saturated heterocycles. The van der Waals surface area contributed by atoms with Gasteiger partial charge in [-0.15, -0.1) is 0 Å². The Balaban J connectivity index is 1.60. The van der Waals surface area contributed by atoms with Gasteiger partial charge >= 0.3 is 6.18 Å². The van der Waals surface area contributed by atoms with Gasteiger partial charge in [0.05, 0.1) is 49.2 Å². The van der Waals surface area contributed by atoms with Crippen molar-refractivity contribution in [3.63, 3.8) is 0 Å². The summed E-state index contributed by atoms with van der Waals surface area (Å²) in [5, 5.41) is 22.4. The summed E-state index contributed by atoms with van der Waals surface area (Å²) in [6.45, 7) is 2.16. The van der Waals surface area contributed by atoms with Crippen molar-refractivity contribution in [2.75, 3.05) is 37.7 Å². The van der Waals surface area contributed by atoms with Gasteiger partial charge in [-0.1, -0.05) is 0 Å². The molecule has 3 atom stereocenters. The van der Waals surface area contributed by atoms with Crippen LogP contribution in [0.3, 0.4) is 0 Å². The smallest absolute Gasteiger partial charge is 0.416 e. The number of hydrogen-bond donors (Lipinski definition) is 2. The number of aliphatic hydroxyl groups is 1. The van der Waals surface area contributed by atoms with Crippen LogP contribution >= 0.6 is 0 Å². The highest BCUT2D eigenvalue weighted by Crippen LogP contribution is 2.41. The van der Waals surface area contributed by atoms with E-state index in [1.165, 1.54) is 6.07 Å². The van der Waals surface area contributed by atoms with E-state index in [1.54, 1.807) is 0 Å². The molecule has 0 radical (unpaired) electrons. The van der Waals surface area contributed by atoms with E-state index in [0.717, 1.165) is 12.1 Å². The number of halogens is 3. The van der Waals surface area contributed by atoms with Crippen LogP contribution in [0.2, 0.25) is 0 Å². The molecule has 4 rings (SSSR count). The second kappa shape index (κ2) is 8.43. The summed E-state index contributed by atoms with van der Waals surface area (Å²) in [5.74, 6) is 0.199. The van der Waals surface area contributed by atoms with Crippen LogP contribution in [0.15, 0.2) is 22.6 Å². The zero-order valence-electron chi connectivity index (χ0n) is 16.1. The van der Waals surface area contributed by atoms with Gasteiger partial charge in [-0.25, -0.2) is 0 Å². The molecular formula is C20H22F3N3O4. The molecule has 0 aliphatic carbocycles. The lowest BCUT2D eigenvalue weighted by molar-refractivity contribution is -0.137. The lowest BCUT2D eigenvalue weighted by Crippen LogP contribution is -2.39. The van der Waals surface area contributed by atoms with Gasteiger partial charge in [0.2, 0.25) is 0 Å². The largest absolute Gasteiger partial charge is 0.455 e. The number of furan rings is 1. The van der Waals surface area contributed by atoms with Crippen LogP contribution in [0.4, 0.5) is 18.9 Å². The van der Waals surface area contributed by atoms with Gasteiger partial charge in [-0.05, 0) is 24.6 Å². The van der Waals surface area contributed by atoms with Crippen molar-refractivity contribution in [3.8, 4) is 6.07 Å². The first-order valence-electron chi connectivity index (χ1n) is 9.77. The molecule has 1 aromatic heterocycles. The molecule has 0 amide bonds. The molecule has 10 heteroatoms. The number of ether oxygens (including phenoxy) is 2. The molecular weight excluding hydrogens is 403 g/mol. The number of aliphatic hydroxyl groups excluding tert-OH is 1. The fourth-order valence-electron chi connectivity index (χ4n) is 3.90. The molecule has 162 valence electrons. The van der Waals surface area contributed by atoms with E-state index in [-0.39, 0.29) is 30.0 Å². The van der Waals surface area contributed by atoms with E-state index in [2.05, 4.69) is 11.4 Å². The highest BCUT2D eigenvalue weighted by molar-refractivity contribution is 5.94. The SMILES string of the molecule is N#CCC1COCC(CCN2CCNC(O)c3oc4ccc(C(F)(F)F)cc4c32)O1. The third kappa shape index (κ3) is 4.25. The highest BCUT2D eigenvalue weighted by Gasteiger charge is 2.34. The minimum absolute atomic E-state index is 0.199. The molecule has 2 N–H and O–H groups in total. The number of rotatable bonds is 4. The number of hydrogen-bond acceptors (Lipinski definition) is 7. The van der Waals surface area contributed by atoms with Crippen molar-refractivity contribution in [2.45, 2.75) is 37.5 Å². The summed E-state index contributed by atoms with van der Waals surface area (Å²) in [4.78, 5) is 1.90. The van der Waals surface area contributed by atoms with E-state index in [9.17, 15) is 18.3 Å². The van der Waals surface area contributed by atoms with Gasteiger partial charge in [-0.3, -0.25) is 5.32 Å². The van der Waals surface area contributed by atoms with E-state index in [4.69, 9.17) is 19.2 Å². The highest BCUT2D eigenvalue weighted by atomic mass is 19.4. The zero-order chi connectivity index (χ0) is 21.3. The topological polar surface area (TPSA) is 90.9 Å². The van der Waals surface area contributed by atoms with Crippen LogP contribution in [-0.2, 0) is 15.7 Å². The average molecular weight is 425 g/mol. The van der Waals surface area contributed by atoms with E-state index in [0.29, 0.717) is 50.3 Å². The maximum atomic E-state index is 13.2. The summed E-state index contributed by atoms with van der Waals surface area (Å²) >= 11 is 0. The second-order valence-corrected chi connectivity index (χ2v) is 7.44. The van der Waals surface area contributed by atoms with Crippen LogP contribution in [0.1, 0.15) is 30.4 Å². The van der Waals surface area contributed by atoms with Crippen LogP contribution in [-0.4, -0.2) is 50.2 Å². The number of fused-ring (bicyclic) bond motifs is 3. The van der Waals surface area contributed by atoms with Crippen LogP contribution < -0.4 is 10.2 Å². The van der Waals surface area contributed by atoms with Crippen molar-refractivity contribution >= 4 is 16.7 Å². The Bertz CT molecular complexity index is 940. The second-order valence-electron chi connectivity index (χ2n) is 7.44. The van der Waals surface area contributed by atoms with Gasteiger partial charge < -0.3 is 23.9 Å². The minimum atomic E-state index is -4.48. The number of alkyl halides is 3. The molecule has 1 fully saturated rings. The van der Waals surface area contributed by atoms with Gasteiger partial charge in [0.1, 0.15) is 5.58 Å². The average Bonchev–Trinajstić information content (AvgIpc) is 3.01. The zero-order valence-corrected chi connectivity index (χ0v) is 16.1. The molecule has 30 heavy (non-hydrogen) atoms. The molecule has 2 aliphatic heterocycles. The summed E-state index contributed by atoms with van der Waals surface area (Å²) in [6.07, 6.45) is -5.28. The van der Waals surface area contributed by atoms with E-state index >= 15 is 0 Å². The number of nitrogens with one attached hydrogen (secondary N) is 1. The monoisotopic (exact) mass is 425 g/mol. The standard InChI is InChI=1S/C20H22F3N3O4/c21-20(22,23)12-1-2-16-15(9-12)17-18(30-16)19(27)25-6-8-26(17)7-4-14-11-28-10-13(29-14)3-5-24/h1-2,9,13-14,19,25,27H,3-4,6-8,10-11H2. The van der Waals surface area contributed by atoms with Gasteiger partial charge in [-0.2, -0.15) is 18.4 Å². The molecule has 3 heterocycles. The maximum Gasteiger partial charge on any atom is 0.416 e. The quantitative estimate of drug-likeness (QED) is 0.778. The van der Waals surface area contributed by atoms with Gasteiger partial charge in [0.25, 0.3) is 0 Å². The molecule has 1 aromatic carbocycles. The Hall–Kier alpha value is -2.32. The minimum Gasteiger partial charge on any atom is -0.455 e. The molecule has 2 aliphatic rings. The fraction of sp³-hybridized carbons (Fsp3) is 0.550. The Morgan fingerprint density at radius 2 is 2.07 bits per heavy atom. The third-order valence-corrected chi connectivity index (χ3v) is 5.33. The Morgan fingerprint density at radius 3 is 2.83 bits per heavy atom. The Labute approximate surface area is 170 Å². The third-order valence-electron chi connectivity index (χ3n) is 5.33. The summed E-state index contributed by atoms with van der Waals surface area (Å²) < 4.78 is 56.8. The summed E-state index contributed by atoms with van der Waals surface area (Å²) in [7, 11) is 0. The predicted octanol–water partition coefficient (Wildman–Crippen LogP) is 2.94. The van der Waals surface area contributed by atoms with Crippen molar-refractivity contribution in [3.05, 3.63) is 29.5 Å². The van der Waals surface area contributed by atoms with Crippen molar-refractivity contribution in [1.29, 1.82) is 5.26 Å². The first-order chi connectivity index (χ1) is 14.4. The molecule has 0 spiro atoms. The van der Waals surface area contributed by atoms with Crippen molar-refractivity contribution in [2.24, 2.45) is 0 Å². The van der Waals surface area contributed by atoms with Gasteiger partial charge in [0.15, 0.2) is 12.0 Å². The molecule has 2 aromatic rings. The van der Waals surface area contributed by atoms with Crippen molar-refractivity contribution < 1.29 is 32.2 Å². The van der Waals surface area contributed by atoms with Gasteiger partial charge in [0, 0.05) is 25.0 Å². The fourth-order valence-corrected chi connectivity index (χ4v) is 3.90.